The molecular formula is C16H26N2O3S2. The second-order valence-corrected chi connectivity index (χ2v) is 8.80. The van der Waals surface area contributed by atoms with Gasteiger partial charge in [-0.05, 0) is 45.2 Å². The molecule has 2 heterocycles. The number of hydrogen-bond acceptors (Lipinski definition) is 7. The maximum absolute atomic E-state index is 11.6. The normalized spacial score (nSPS) is 17.2. The molecule has 0 saturated carbocycles. The lowest BCUT2D eigenvalue weighted by atomic mass is 10.2. The third-order valence-corrected chi connectivity index (χ3v) is 5.50. The van der Waals surface area contributed by atoms with E-state index in [2.05, 4.69) is 22.4 Å². The summed E-state index contributed by atoms with van der Waals surface area (Å²) < 4.78 is 6.55. The van der Waals surface area contributed by atoms with Gasteiger partial charge >= 0.3 is 6.16 Å². The Labute approximate surface area is 146 Å². The van der Waals surface area contributed by atoms with Crippen LogP contribution >= 0.6 is 23.1 Å². The molecule has 0 unspecified atom stereocenters. The van der Waals surface area contributed by atoms with E-state index in [1.807, 2.05) is 32.5 Å². The third-order valence-electron chi connectivity index (χ3n) is 3.28. The molecule has 0 bridgehead atoms. The van der Waals surface area contributed by atoms with Gasteiger partial charge in [0.05, 0.1) is 4.21 Å². The molecule has 130 valence electrons. The lowest BCUT2D eigenvalue weighted by molar-refractivity contribution is -0.157. The highest BCUT2D eigenvalue weighted by atomic mass is 32.2. The van der Waals surface area contributed by atoms with E-state index >= 15 is 0 Å². The Balaban J connectivity index is 1.56. The van der Waals surface area contributed by atoms with Gasteiger partial charge in [-0.25, -0.2) is 4.79 Å². The molecular weight excluding hydrogens is 332 g/mol. The zero-order valence-electron chi connectivity index (χ0n) is 14.1. The molecule has 2 rings (SSSR count). The van der Waals surface area contributed by atoms with Crippen LogP contribution in [-0.4, -0.2) is 60.2 Å². The molecule has 1 saturated heterocycles. The summed E-state index contributed by atoms with van der Waals surface area (Å²) in [6, 6.07) is 4.26. The van der Waals surface area contributed by atoms with Gasteiger partial charge in [-0.2, -0.15) is 0 Å². The molecule has 1 fully saturated rings. The van der Waals surface area contributed by atoms with Crippen LogP contribution in [0.25, 0.3) is 0 Å². The molecule has 1 aromatic rings. The van der Waals surface area contributed by atoms with Crippen LogP contribution in [0.5, 0.6) is 0 Å². The van der Waals surface area contributed by atoms with E-state index in [4.69, 9.17) is 9.57 Å². The molecule has 7 heteroatoms. The van der Waals surface area contributed by atoms with Crippen molar-refractivity contribution in [2.75, 3.05) is 38.5 Å². The molecule has 0 amide bonds. The zero-order valence-corrected chi connectivity index (χ0v) is 15.8. The Morgan fingerprint density at radius 3 is 2.65 bits per heavy atom. The molecule has 23 heavy (non-hydrogen) atoms. The smallest absolute Gasteiger partial charge is 0.427 e. The first kappa shape index (κ1) is 18.6. The highest BCUT2D eigenvalue weighted by Gasteiger charge is 2.23. The predicted octanol–water partition coefficient (Wildman–Crippen LogP) is 3.71. The minimum atomic E-state index is -0.613. The molecule has 1 aromatic heterocycles. The molecule has 0 atom stereocenters. The number of thiophene rings is 1. The molecule has 1 aliphatic rings. The van der Waals surface area contributed by atoms with E-state index in [1.165, 1.54) is 10.6 Å². The van der Waals surface area contributed by atoms with Crippen LogP contribution in [0, 0.1) is 0 Å². The van der Waals surface area contributed by atoms with Crippen molar-refractivity contribution < 1.29 is 14.4 Å². The lowest BCUT2D eigenvalue weighted by Crippen LogP contribution is -2.47. The van der Waals surface area contributed by atoms with Gasteiger partial charge in [-0.1, -0.05) is 6.07 Å². The summed E-state index contributed by atoms with van der Waals surface area (Å²) in [5.74, 6) is 1.15. The van der Waals surface area contributed by atoms with Gasteiger partial charge in [0.15, 0.2) is 0 Å². The molecule has 0 aromatic carbocycles. The van der Waals surface area contributed by atoms with Crippen LogP contribution in [0.2, 0.25) is 0 Å². The number of hydroxylamine groups is 2. The first-order valence-electron chi connectivity index (χ1n) is 7.97. The van der Waals surface area contributed by atoms with Crippen LogP contribution < -0.4 is 0 Å². The fourth-order valence-corrected chi connectivity index (χ4v) is 4.01. The molecule has 0 spiro atoms. The van der Waals surface area contributed by atoms with Crippen molar-refractivity contribution in [2.45, 2.75) is 37.0 Å². The zero-order chi connectivity index (χ0) is 16.7. The average molecular weight is 359 g/mol. The van der Waals surface area contributed by atoms with Crippen molar-refractivity contribution in [3.63, 3.8) is 0 Å². The molecule has 5 nitrogen and oxygen atoms in total. The van der Waals surface area contributed by atoms with Crippen molar-refractivity contribution in [3.05, 3.63) is 17.5 Å². The number of thioether (sulfide) groups is 1. The SMILES string of the molecule is CC(C)(C)OC(=O)ON1CCN(CCCSc2cccs2)CC1. The molecule has 1 aliphatic heterocycles. The Hall–Kier alpha value is -0.760. The Bertz CT molecular complexity index is 466. The maximum atomic E-state index is 11.6. The van der Waals surface area contributed by atoms with Gasteiger partial charge in [0.2, 0.25) is 0 Å². The third kappa shape index (κ3) is 7.56. The van der Waals surface area contributed by atoms with Crippen molar-refractivity contribution in [2.24, 2.45) is 0 Å². The van der Waals surface area contributed by atoms with Crippen molar-refractivity contribution in [1.82, 2.24) is 9.96 Å². The minimum Gasteiger partial charge on any atom is -0.427 e. The van der Waals surface area contributed by atoms with Crippen LogP contribution in [-0.2, 0) is 9.57 Å². The Kier molecular flexibility index (Phi) is 7.20. The topological polar surface area (TPSA) is 42.0 Å². The quantitative estimate of drug-likeness (QED) is 0.439. The Morgan fingerprint density at radius 1 is 1.30 bits per heavy atom. The number of nitrogens with zero attached hydrogens (tertiary/aromatic N) is 2. The fraction of sp³-hybridized carbons (Fsp3) is 0.688. The number of carbonyl (C=O) groups excluding carboxylic acids is 1. The van der Waals surface area contributed by atoms with E-state index in [1.54, 1.807) is 16.4 Å². The maximum Gasteiger partial charge on any atom is 0.528 e. The molecule has 0 radical (unpaired) electrons. The minimum absolute atomic E-state index is 0.515. The standard InChI is InChI=1S/C16H26N2O3S2/c1-16(2,3)20-15(19)21-18-10-8-17(9-11-18)7-5-13-23-14-6-4-12-22-14/h4,6,12H,5,7-11,13H2,1-3H3. The number of rotatable bonds is 6. The molecule has 0 aliphatic carbocycles. The first-order chi connectivity index (χ1) is 10.9. The van der Waals surface area contributed by atoms with Crippen molar-refractivity contribution >= 4 is 29.3 Å². The average Bonchev–Trinajstić information content (AvgIpc) is 2.96. The lowest BCUT2D eigenvalue weighted by Gasteiger charge is -2.33. The van der Waals surface area contributed by atoms with Crippen LogP contribution in [0.1, 0.15) is 27.2 Å². The van der Waals surface area contributed by atoms with Gasteiger partial charge in [-0.15, -0.1) is 28.2 Å². The van der Waals surface area contributed by atoms with Gasteiger partial charge in [-0.3, -0.25) is 0 Å². The van der Waals surface area contributed by atoms with Crippen molar-refractivity contribution in [1.29, 1.82) is 0 Å². The van der Waals surface area contributed by atoms with Crippen LogP contribution in [0.3, 0.4) is 0 Å². The van der Waals surface area contributed by atoms with E-state index in [9.17, 15) is 4.79 Å². The highest BCUT2D eigenvalue weighted by Crippen LogP contribution is 2.23. The van der Waals surface area contributed by atoms with Gasteiger partial charge in [0.1, 0.15) is 5.60 Å². The van der Waals surface area contributed by atoms with E-state index < -0.39 is 11.8 Å². The second kappa shape index (κ2) is 8.92. The number of hydrogen-bond donors (Lipinski definition) is 0. The summed E-state index contributed by atoms with van der Waals surface area (Å²) in [5.41, 5.74) is -0.515. The van der Waals surface area contributed by atoms with Gasteiger partial charge in [0.25, 0.3) is 0 Å². The van der Waals surface area contributed by atoms with E-state index in [0.717, 1.165) is 38.5 Å². The largest absolute Gasteiger partial charge is 0.528 e. The first-order valence-corrected chi connectivity index (χ1v) is 9.83. The number of ether oxygens (including phenoxy) is 1. The summed E-state index contributed by atoms with van der Waals surface area (Å²) in [6.45, 7) is 9.91. The van der Waals surface area contributed by atoms with E-state index in [-0.39, 0.29) is 0 Å². The van der Waals surface area contributed by atoms with Crippen LogP contribution in [0.4, 0.5) is 4.79 Å². The Morgan fingerprint density at radius 2 is 2.04 bits per heavy atom. The summed E-state index contributed by atoms with van der Waals surface area (Å²) in [6.07, 6.45) is 0.563. The van der Waals surface area contributed by atoms with Crippen LogP contribution in [0.15, 0.2) is 21.7 Å². The summed E-state index contributed by atoms with van der Waals surface area (Å²) in [5, 5.41) is 3.82. The highest BCUT2D eigenvalue weighted by molar-refractivity contribution is 8.01. The number of piperazine rings is 1. The van der Waals surface area contributed by atoms with E-state index in [0.29, 0.717) is 0 Å². The van der Waals surface area contributed by atoms with Gasteiger partial charge < -0.3 is 14.5 Å². The fourth-order valence-electron chi connectivity index (χ4n) is 2.22. The second-order valence-electron chi connectivity index (χ2n) is 6.46. The van der Waals surface area contributed by atoms with Crippen molar-refractivity contribution in [3.8, 4) is 0 Å². The monoisotopic (exact) mass is 358 g/mol. The summed E-state index contributed by atoms with van der Waals surface area (Å²) in [7, 11) is 0. The number of carbonyl (C=O) groups is 1. The van der Waals surface area contributed by atoms with Gasteiger partial charge in [0, 0.05) is 31.9 Å². The summed E-state index contributed by atoms with van der Waals surface area (Å²) >= 11 is 3.73. The summed E-state index contributed by atoms with van der Waals surface area (Å²) in [4.78, 5) is 19.3. The molecule has 0 N–H and O–H groups in total. The predicted molar refractivity (Wildman–Crippen MR) is 95.0 cm³/mol.